The van der Waals surface area contributed by atoms with E-state index in [-0.39, 0.29) is 18.2 Å². The fourth-order valence-corrected chi connectivity index (χ4v) is 2.78. The molecule has 0 saturated carbocycles. The first kappa shape index (κ1) is 15.4. The summed E-state index contributed by atoms with van der Waals surface area (Å²) in [5, 5.41) is 8.79. The van der Waals surface area contributed by atoms with Crippen LogP contribution in [0.4, 0.5) is 0 Å². The molecule has 1 aliphatic heterocycles. The van der Waals surface area contributed by atoms with Crippen LogP contribution in [0.25, 0.3) is 0 Å². The van der Waals surface area contributed by atoms with Gasteiger partial charge in [0, 0.05) is 25.9 Å². The number of nitrogens with zero attached hydrogens (tertiary/aromatic N) is 1. The van der Waals surface area contributed by atoms with Gasteiger partial charge in [0.15, 0.2) is 0 Å². The van der Waals surface area contributed by atoms with Crippen LogP contribution in [-0.4, -0.2) is 42.1 Å². The molecular formula is C16H21NO4. The number of hydrogen-bond donors (Lipinski definition) is 1. The highest BCUT2D eigenvalue weighted by Gasteiger charge is 2.27. The lowest BCUT2D eigenvalue weighted by Gasteiger charge is -2.16. The third kappa shape index (κ3) is 4.21. The molecule has 1 N–H and O–H groups in total. The van der Waals surface area contributed by atoms with Crippen molar-refractivity contribution in [2.24, 2.45) is 5.92 Å². The van der Waals surface area contributed by atoms with Crippen LogP contribution in [0.2, 0.25) is 0 Å². The molecule has 1 saturated heterocycles. The van der Waals surface area contributed by atoms with E-state index < -0.39 is 5.97 Å². The number of carbonyl (C=O) groups is 2. The van der Waals surface area contributed by atoms with Crippen molar-refractivity contribution in [3.05, 3.63) is 29.8 Å². The molecular weight excluding hydrogens is 270 g/mol. The summed E-state index contributed by atoms with van der Waals surface area (Å²) in [4.78, 5) is 24.7. The summed E-state index contributed by atoms with van der Waals surface area (Å²) in [5.74, 6) is 0.199. The molecule has 5 nitrogen and oxygen atoms in total. The summed E-state index contributed by atoms with van der Waals surface area (Å²) < 4.78 is 5.27. The smallest absolute Gasteiger partial charge is 0.303 e. The number of amides is 1. The van der Waals surface area contributed by atoms with E-state index in [1.54, 1.807) is 12.0 Å². The molecule has 1 aromatic rings. The zero-order chi connectivity index (χ0) is 15.2. The maximum Gasteiger partial charge on any atom is 0.303 e. The van der Waals surface area contributed by atoms with Crippen LogP contribution in [0, 0.1) is 5.92 Å². The minimum absolute atomic E-state index is 0.0915. The molecule has 1 fully saturated rings. The molecule has 0 radical (unpaired) electrons. The molecule has 21 heavy (non-hydrogen) atoms. The number of aliphatic carboxylic acids is 1. The van der Waals surface area contributed by atoms with E-state index >= 15 is 0 Å². The number of carbonyl (C=O) groups excluding carboxylic acids is 1. The van der Waals surface area contributed by atoms with Crippen molar-refractivity contribution < 1.29 is 19.4 Å². The fraction of sp³-hybridized carbons (Fsp3) is 0.500. The van der Waals surface area contributed by atoms with Crippen LogP contribution >= 0.6 is 0 Å². The van der Waals surface area contributed by atoms with Crippen molar-refractivity contribution in [1.29, 1.82) is 0 Å². The maximum absolute atomic E-state index is 12.2. The van der Waals surface area contributed by atoms with Gasteiger partial charge < -0.3 is 14.7 Å². The van der Waals surface area contributed by atoms with Crippen LogP contribution in [0.1, 0.15) is 24.8 Å². The van der Waals surface area contributed by atoms with E-state index in [2.05, 4.69) is 0 Å². The Balaban J connectivity index is 1.84. The molecule has 114 valence electrons. The van der Waals surface area contributed by atoms with Crippen LogP contribution < -0.4 is 4.74 Å². The normalized spacial score (nSPS) is 17.8. The van der Waals surface area contributed by atoms with E-state index in [4.69, 9.17) is 9.84 Å². The number of likely N-dealkylation sites (tertiary alicyclic amines) is 1. The lowest BCUT2D eigenvalue weighted by atomic mass is 10.1. The summed E-state index contributed by atoms with van der Waals surface area (Å²) in [5.41, 5.74) is 1.02. The van der Waals surface area contributed by atoms with Crippen LogP contribution in [-0.2, 0) is 16.0 Å². The van der Waals surface area contributed by atoms with Gasteiger partial charge >= 0.3 is 5.97 Å². The zero-order valence-corrected chi connectivity index (χ0v) is 12.2. The number of ether oxygens (including phenoxy) is 1. The highest BCUT2D eigenvalue weighted by atomic mass is 16.5. The van der Waals surface area contributed by atoms with Gasteiger partial charge in [-0.25, -0.2) is 0 Å². The molecule has 1 aliphatic rings. The molecule has 1 atom stereocenters. The molecule has 0 aliphatic carbocycles. The van der Waals surface area contributed by atoms with Crippen molar-refractivity contribution >= 4 is 11.9 Å². The van der Waals surface area contributed by atoms with E-state index in [0.29, 0.717) is 25.9 Å². The predicted molar refractivity (Wildman–Crippen MR) is 78.3 cm³/mol. The SMILES string of the molecule is COc1ccccc1CCC(=O)N1CCC(CC(=O)O)C1. The molecule has 1 amide bonds. The third-order valence-electron chi connectivity index (χ3n) is 3.90. The number of carboxylic acid groups (broad SMARTS) is 1. The van der Waals surface area contributed by atoms with Gasteiger partial charge in [-0.05, 0) is 30.4 Å². The largest absolute Gasteiger partial charge is 0.496 e. The Bertz CT molecular complexity index is 515. The van der Waals surface area contributed by atoms with Gasteiger partial charge in [-0.15, -0.1) is 0 Å². The molecule has 1 unspecified atom stereocenters. The molecule has 0 bridgehead atoms. The van der Waals surface area contributed by atoms with E-state index in [9.17, 15) is 9.59 Å². The Morgan fingerprint density at radius 1 is 1.38 bits per heavy atom. The lowest BCUT2D eigenvalue weighted by Crippen LogP contribution is -2.29. The number of rotatable bonds is 6. The van der Waals surface area contributed by atoms with Gasteiger partial charge in [0.25, 0.3) is 0 Å². The number of para-hydroxylation sites is 1. The summed E-state index contributed by atoms with van der Waals surface area (Å²) in [6.07, 6.45) is 2.01. The monoisotopic (exact) mass is 291 g/mol. The Hall–Kier alpha value is -2.04. The average Bonchev–Trinajstić information content (AvgIpc) is 2.92. The quantitative estimate of drug-likeness (QED) is 0.870. The standard InChI is InChI=1S/C16H21NO4/c1-21-14-5-3-2-4-13(14)6-7-15(18)17-9-8-12(11-17)10-16(19)20/h2-5,12H,6-11H2,1H3,(H,19,20). The molecule has 2 rings (SSSR count). The fourth-order valence-electron chi connectivity index (χ4n) is 2.78. The number of aryl methyl sites for hydroxylation is 1. The van der Waals surface area contributed by atoms with Gasteiger partial charge in [0.05, 0.1) is 7.11 Å². The van der Waals surface area contributed by atoms with Crippen LogP contribution in [0.15, 0.2) is 24.3 Å². The Kier molecular flexibility index (Phi) is 5.20. The number of hydrogen-bond acceptors (Lipinski definition) is 3. The van der Waals surface area contributed by atoms with Gasteiger partial charge in [-0.3, -0.25) is 9.59 Å². The van der Waals surface area contributed by atoms with Crippen molar-refractivity contribution in [3.8, 4) is 5.75 Å². The minimum atomic E-state index is -0.789. The number of methoxy groups -OCH3 is 1. The molecule has 5 heteroatoms. The second kappa shape index (κ2) is 7.11. The number of benzene rings is 1. The Morgan fingerprint density at radius 2 is 2.14 bits per heavy atom. The molecule has 0 spiro atoms. The molecule has 1 aromatic carbocycles. The summed E-state index contributed by atoms with van der Waals surface area (Å²) >= 11 is 0. The average molecular weight is 291 g/mol. The predicted octanol–water partition coefficient (Wildman–Crippen LogP) is 1.95. The lowest BCUT2D eigenvalue weighted by molar-refractivity contribution is -0.138. The molecule has 1 heterocycles. The first-order valence-electron chi connectivity index (χ1n) is 7.21. The summed E-state index contributed by atoms with van der Waals surface area (Å²) in [7, 11) is 1.62. The highest BCUT2D eigenvalue weighted by Crippen LogP contribution is 2.22. The van der Waals surface area contributed by atoms with Crippen molar-refractivity contribution in [3.63, 3.8) is 0 Å². The van der Waals surface area contributed by atoms with Crippen LogP contribution in [0.3, 0.4) is 0 Å². The molecule has 0 aromatic heterocycles. The topological polar surface area (TPSA) is 66.8 Å². The van der Waals surface area contributed by atoms with Gasteiger partial charge in [0.2, 0.25) is 5.91 Å². The minimum Gasteiger partial charge on any atom is -0.496 e. The van der Waals surface area contributed by atoms with Crippen molar-refractivity contribution in [2.45, 2.75) is 25.7 Å². The zero-order valence-electron chi connectivity index (χ0n) is 12.2. The second-order valence-electron chi connectivity index (χ2n) is 5.40. The first-order chi connectivity index (χ1) is 10.1. The first-order valence-corrected chi connectivity index (χ1v) is 7.21. The number of carboxylic acids is 1. The summed E-state index contributed by atoms with van der Waals surface area (Å²) in [6.45, 7) is 1.24. The van der Waals surface area contributed by atoms with Gasteiger partial charge in [0.1, 0.15) is 5.75 Å². The van der Waals surface area contributed by atoms with E-state index in [0.717, 1.165) is 17.7 Å². The van der Waals surface area contributed by atoms with Crippen molar-refractivity contribution in [1.82, 2.24) is 4.90 Å². The van der Waals surface area contributed by atoms with Gasteiger partial charge in [-0.2, -0.15) is 0 Å². The van der Waals surface area contributed by atoms with Crippen LogP contribution in [0.5, 0.6) is 5.75 Å². The third-order valence-corrected chi connectivity index (χ3v) is 3.90. The summed E-state index contributed by atoms with van der Waals surface area (Å²) in [6, 6.07) is 7.68. The second-order valence-corrected chi connectivity index (χ2v) is 5.40. The van der Waals surface area contributed by atoms with E-state index in [1.165, 1.54) is 0 Å². The van der Waals surface area contributed by atoms with Crippen molar-refractivity contribution in [2.75, 3.05) is 20.2 Å². The Morgan fingerprint density at radius 3 is 2.86 bits per heavy atom. The maximum atomic E-state index is 12.2. The highest BCUT2D eigenvalue weighted by molar-refractivity contribution is 5.77. The Labute approximate surface area is 124 Å². The van der Waals surface area contributed by atoms with Gasteiger partial charge in [-0.1, -0.05) is 18.2 Å². The van der Waals surface area contributed by atoms with E-state index in [1.807, 2.05) is 24.3 Å².